The van der Waals surface area contributed by atoms with Crippen LogP contribution in [0.25, 0.3) is 22.2 Å². The van der Waals surface area contributed by atoms with E-state index < -0.39 is 0 Å². The van der Waals surface area contributed by atoms with Crippen molar-refractivity contribution in [2.75, 3.05) is 13.1 Å². The zero-order valence-corrected chi connectivity index (χ0v) is 13.9. The highest BCUT2D eigenvalue weighted by Crippen LogP contribution is 2.29. The van der Waals surface area contributed by atoms with Crippen LogP contribution >= 0.6 is 0 Å². The molecule has 5 heteroatoms. The maximum absolute atomic E-state index is 9.94. The van der Waals surface area contributed by atoms with Gasteiger partial charge in [-0.3, -0.25) is 4.90 Å². The van der Waals surface area contributed by atoms with Gasteiger partial charge in [-0.15, -0.1) is 10.2 Å². The van der Waals surface area contributed by atoms with Crippen molar-refractivity contribution in [3.05, 3.63) is 48.4 Å². The van der Waals surface area contributed by atoms with Crippen molar-refractivity contribution < 1.29 is 9.52 Å². The Kier molecular flexibility index (Phi) is 3.82. The second kappa shape index (κ2) is 6.00. The SMILES string of the molecule is CC1CN(C(C)c2nnc(-c3ccc4ccccc4c3)o2)CC1O. The van der Waals surface area contributed by atoms with Crippen LogP contribution in [0.4, 0.5) is 0 Å². The predicted molar refractivity (Wildman–Crippen MR) is 92.4 cm³/mol. The summed E-state index contributed by atoms with van der Waals surface area (Å²) in [6.07, 6.45) is -0.282. The molecule has 0 spiro atoms. The molecule has 5 nitrogen and oxygen atoms in total. The third-order valence-corrected chi connectivity index (χ3v) is 4.94. The zero-order chi connectivity index (χ0) is 16.7. The van der Waals surface area contributed by atoms with Gasteiger partial charge in [0.2, 0.25) is 11.8 Å². The van der Waals surface area contributed by atoms with Crippen molar-refractivity contribution in [2.45, 2.75) is 26.0 Å². The van der Waals surface area contributed by atoms with Crippen molar-refractivity contribution in [3.63, 3.8) is 0 Å². The van der Waals surface area contributed by atoms with Gasteiger partial charge in [0.1, 0.15) is 0 Å². The van der Waals surface area contributed by atoms with E-state index in [2.05, 4.69) is 46.3 Å². The fourth-order valence-corrected chi connectivity index (χ4v) is 3.30. The fourth-order valence-electron chi connectivity index (χ4n) is 3.30. The molecule has 3 aromatic rings. The highest BCUT2D eigenvalue weighted by atomic mass is 16.4. The van der Waals surface area contributed by atoms with E-state index in [-0.39, 0.29) is 18.1 Å². The second-order valence-electron chi connectivity index (χ2n) is 6.68. The molecule has 24 heavy (non-hydrogen) atoms. The second-order valence-corrected chi connectivity index (χ2v) is 6.68. The van der Waals surface area contributed by atoms with Crippen molar-refractivity contribution in [1.29, 1.82) is 0 Å². The Bertz CT molecular complexity index is 850. The van der Waals surface area contributed by atoms with E-state index in [1.165, 1.54) is 5.39 Å². The summed E-state index contributed by atoms with van der Waals surface area (Å²) in [5, 5.41) is 20.7. The number of rotatable bonds is 3. The largest absolute Gasteiger partial charge is 0.419 e. The molecule has 0 aliphatic carbocycles. The van der Waals surface area contributed by atoms with Crippen LogP contribution < -0.4 is 0 Å². The number of benzene rings is 2. The number of hydrogen-bond donors (Lipinski definition) is 1. The summed E-state index contributed by atoms with van der Waals surface area (Å²) in [6, 6.07) is 14.4. The highest BCUT2D eigenvalue weighted by Gasteiger charge is 2.33. The molecular weight excluding hydrogens is 302 g/mol. The third kappa shape index (κ3) is 2.70. The summed E-state index contributed by atoms with van der Waals surface area (Å²) >= 11 is 0. The topological polar surface area (TPSA) is 62.4 Å². The molecule has 1 aliphatic rings. The van der Waals surface area contributed by atoms with E-state index in [1.54, 1.807) is 0 Å². The molecule has 1 N–H and O–H groups in total. The Balaban J connectivity index is 1.59. The first-order valence-electron chi connectivity index (χ1n) is 8.36. The van der Waals surface area contributed by atoms with Crippen LogP contribution in [0.1, 0.15) is 25.8 Å². The molecule has 4 rings (SSSR count). The van der Waals surface area contributed by atoms with Crippen LogP contribution in [0.15, 0.2) is 46.9 Å². The Morgan fingerprint density at radius 3 is 2.67 bits per heavy atom. The Morgan fingerprint density at radius 1 is 1.12 bits per heavy atom. The molecule has 1 aromatic heterocycles. The number of likely N-dealkylation sites (tertiary alicyclic amines) is 1. The number of aromatic nitrogens is 2. The molecule has 0 saturated carbocycles. The molecular formula is C19H21N3O2. The van der Waals surface area contributed by atoms with Gasteiger partial charge in [0, 0.05) is 18.7 Å². The standard InChI is InChI=1S/C19H21N3O2/c1-12-10-22(11-17(12)23)13(2)18-20-21-19(24-18)16-8-7-14-5-3-4-6-15(14)9-16/h3-9,12-13,17,23H,10-11H2,1-2H3. The minimum absolute atomic E-state index is 0.00584. The lowest BCUT2D eigenvalue weighted by Gasteiger charge is -2.20. The molecule has 0 amide bonds. The molecule has 2 aromatic carbocycles. The van der Waals surface area contributed by atoms with Crippen molar-refractivity contribution in [2.24, 2.45) is 5.92 Å². The van der Waals surface area contributed by atoms with Crippen molar-refractivity contribution >= 4 is 10.8 Å². The maximum Gasteiger partial charge on any atom is 0.247 e. The van der Waals surface area contributed by atoms with E-state index in [0.29, 0.717) is 18.3 Å². The fraction of sp³-hybridized carbons (Fsp3) is 0.368. The molecule has 2 heterocycles. The molecule has 1 fully saturated rings. The average molecular weight is 323 g/mol. The Labute approximate surface area is 140 Å². The van der Waals surface area contributed by atoms with Crippen LogP contribution in [-0.2, 0) is 0 Å². The normalized spacial score (nSPS) is 23.0. The number of aliphatic hydroxyl groups excluding tert-OH is 1. The average Bonchev–Trinajstić information content (AvgIpc) is 3.21. The van der Waals surface area contributed by atoms with Gasteiger partial charge >= 0.3 is 0 Å². The van der Waals surface area contributed by atoms with E-state index in [9.17, 15) is 5.11 Å². The minimum Gasteiger partial charge on any atom is -0.419 e. The number of fused-ring (bicyclic) bond motifs is 1. The summed E-state index contributed by atoms with van der Waals surface area (Å²) in [5.41, 5.74) is 0.925. The van der Waals surface area contributed by atoms with E-state index in [0.717, 1.165) is 17.5 Å². The number of nitrogens with zero attached hydrogens (tertiary/aromatic N) is 3. The third-order valence-electron chi connectivity index (χ3n) is 4.94. The van der Waals surface area contributed by atoms with E-state index in [4.69, 9.17) is 4.42 Å². The first-order chi connectivity index (χ1) is 11.6. The molecule has 3 unspecified atom stereocenters. The van der Waals surface area contributed by atoms with Gasteiger partial charge in [0.25, 0.3) is 0 Å². The molecule has 1 saturated heterocycles. The molecule has 124 valence electrons. The van der Waals surface area contributed by atoms with Crippen LogP contribution in [0.2, 0.25) is 0 Å². The first-order valence-corrected chi connectivity index (χ1v) is 8.36. The van der Waals surface area contributed by atoms with E-state index in [1.807, 2.05) is 25.1 Å². The summed E-state index contributed by atoms with van der Waals surface area (Å²) < 4.78 is 5.92. The minimum atomic E-state index is -0.282. The van der Waals surface area contributed by atoms with Crippen LogP contribution in [0, 0.1) is 5.92 Å². The summed E-state index contributed by atoms with van der Waals surface area (Å²) in [7, 11) is 0. The Hall–Kier alpha value is -2.24. The molecule has 0 radical (unpaired) electrons. The van der Waals surface area contributed by atoms with Crippen molar-refractivity contribution in [3.8, 4) is 11.5 Å². The van der Waals surface area contributed by atoms with E-state index >= 15 is 0 Å². The molecule has 0 bridgehead atoms. The van der Waals surface area contributed by atoms with Crippen molar-refractivity contribution in [1.82, 2.24) is 15.1 Å². The Morgan fingerprint density at radius 2 is 1.92 bits per heavy atom. The van der Waals surface area contributed by atoms with Gasteiger partial charge in [0.05, 0.1) is 12.1 Å². The van der Waals surface area contributed by atoms with Crippen LogP contribution in [0.3, 0.4) is 0 Å². The lowest BCUT2D eigenvalue weighted by Crippen LogP contribution is -2.25. The lowest BCUT2D eigenvalue weighted by molar-refractivity contribution is 0.139. The van der Waals surface area contributed by atoms with Gasteiger partial charge in [0.15, 0.2) is 0 Å². The molecule has 1 aliphatic heterocycles. The summed E-state index contributed by atoms with van der Waals surface area (Å²) in [6.45, 7) is 5.60. The lowest BCUT2D eigenvalue weighted by atomic mass is 10.1. The number of aliphatic hydroxyl groups is 1. The van der Waals surface area contributed by atoms with Gasteiger partial charge in [-0.1, -0.05) is 37.3 Å². The van der Waals surface area contributed by atoms with Gasteiger partial charge in [-0.25, -0.2) is 0 Å². The summed E-state index contributed by atoms with van der Waals surface area (Å²) in [5.74, 6) is 1.41. The zero-order valence-electron chi connectivity index (χ0n) is 13.9. The van der Waals surface area contributed by atoms with Crippen LogP contribution in [0.5, 0.6) is 0 Å². The quantitative estimate of drug-likeness (QED) is 0.801. The van der Waals surface area contributed by atoms with Gasteiger partial charge in [-0.2, -0.15) is 0 Å². The highest BCUT2D eigenvalue weighted by molar-refractivity contribution is 5.86. The first kappa shape index (κ1) is 15.3. The predicted octanol–water partition coefficient (Wildman–Crippen LogP) is 3.26. The monoisotopic (exact) mass is 323 g/mol. The smallest absolute Gasteiger partial charge is 0.247 e. The summed E-state index contributed by atoms with van der Waals surface area (Å²) in [4.78, 5) is 2.19. The van der Waals surface area contributed by atoms with Gasteiger partial charge < -0.3 is 9.52 Å². The molecule has 3 atom stereocenters. The van der Waals surface area contributed by atoms with Crippen LogP contribution in [-0.4, -0.2) is 39.4 Å². The number of hydrogen-bond acceptors (Lipinski definition) is 5. The number of β-amino-alcohol motifs (C(OH)–C–C–N with tert-alkyl or cyclic N) is 1. The van der Waals surface area contributed by atoms with Gasteiger partial charge in [-0.05, 0) is 35.7 Å². The maximum atomic E-state index is 9.94.